The number of ether oxygens (including phenoxy) is 1. The van der Waals surface area contributed by atoms with E-state index in [1.54, 1.807) is 41.5 Å². The Morgan fingerprint density at radius 2 is 0.897 bits per heavy atom. The normalized spacial score (nSPS) is 26.3. The molecule has 1 saturated heterocycles. The van der Waals surface area contributed by atoms with E-state index < -0.39 is 162 Å². The maximum atomic E-state index is 15.3. The van der Waals surface area contributed by atoms with Crippen molar-refractivity contribution in [2.75, 3.05) is 55.9 Å². The summed E-state index contributed by atoms with van der Waals surface area (Å²) in [6.07, 6.45) is -0.709. The van der Waals surface area contributed by atoms with Crippen molar-refractivity contribution in [1.82, 2.24) is 55.6 Å². The zero-order valence-corrected chi connectivity index (χ0v) is 56.8. The van der Waals surface area contributed by atoms with Crippen molar-refractivity contribution in [3.8, 4) is 0 Å². The van der Waals surface area contributed by atoms with E-state index in [9.17, 15) is 47.9 Å². The molecule has 1 heterocycles. The van der Waals surface area contributed by atoms with E-state index in [1.807, 2.05) is 55.4 Å². The van der Waals surface area contributed by atoms with Crippen molar-refractivity contribution in [2.45, 2.75) is 223 Å². The minimum atomic E-state index is -1.73. The van der Waals surface area contributed by atoms with Crippen molar-refractivity contribution in [2.24, 2.45) is 41.4 Å². The highest BCUT2D eigenvalue weighted by molar-refractivity contribution is 5.99. The van der Waals surface area contributed by atoms with Gasteiger partial charge in [0.2, 0.25) is 65.0 Å². The second-order valence-corrected chi connectivity index (χ2v) is 26.3. The van der Waals surface area contributed by atoms with Gasteiger partial charge >= 0.3 is 5.97 Å². The summed E-state index contributed by atoms with van der Waals surface area (Å²) in [7, 11) is 9.66. The highest BCUT2D eigenvalue weighted by Crippen LogP contribution is 2.26. The molecule has 0 aliphatic carbocycles. The van der Waals surface area contributed by atoms with Crippen molar-refractivity contribution in [3.63, 3.8) is 0 Å². The van der Waals surface area contributed by atoms with Crippen LogP contribution in [0.4, 0.5) is 0 Å². The Kier molecular flexibility index (Phi) is 31.8. The Balaban J connectivity index is 4.41. The molecule has 25 nitrogen and oxygen atoms in total. The summed E-state index contributed by atoms with van der Waals surface area (Å²) in [5, 5.41) is 10.9. The summed E-state index contributed by atoms with van der Waals surface area (Å²) in [6, 6.07) is -12.8. The molecule has 496 valence electrons. The fourth-order valence-electron chi connectivity index (χ4n) is 10.8. The second kappa shape index (κ2) is 35.3. The predicted molar refractivity (Wildman–Crippen MR) is 329 cm³/mol. The van der Waals surface area contributed by atoms with Gasteiger partial charge in [0.15, 0.2) is 0 Å². The maximum Gasteiger partial charge on any atom is 0.303 e. The van der Waals surface area contributed by atoms with Crippen LogP contribution in [0.5, 0.6) is 0 Å². The third-order valence-electron chi connectivity index (χ3n) is 16.1. The molecule has 1 aliphatic heterocycles. The van der Waals surface area contributed by atoms with Crippen LogP contribution in [0.15, 0.2) is 0 Å². The molecule has 1 aliphatic rings. The molecule has 1 rings (SSSR count). The number of carbonyl (C=O) groups excluding carboxylic acids is 13. The summed E-state index contributed by atoms with van der Waals surface area (Å²) >= 11 is 0. The highest BCUT2D eigenvalue weighted by Gasteiger charge is 2.47. The number of nitrogens with zero attached hydrogens (tertiary/aromatic N) is 7. The van der Waals surface area contributed by atoms with Gasteiger partial charge in [-0.3, -0.25) is 57.5 Å². The third-order valence-corrected chi connectivity index (χ3v) is 16.1. The van der Waals surface area contributed by atoms with Crippen LogP contribution in [0.1, 0.15) is 156 Å². The van der Waals surface area contributed by atoms with Gasteiger partial charge in [-0.2, -0.15) is 0 Å². The molecule has 4 N–H and O–H groups in total. The summed E-state index contributed by atoms with van der Waals surface area (Å²) in [5.41, 5.74) is 0. The lowest BCUT2D eigenvalue weighted by molar-refractivity contribution is -0.164. The number of likely N-dealkylation sites (N-methyl/N-ethyl adjacent to an activating group) is 7. The molecule has 25 heteroatoms. The van der Waals surface area contributed by atoms with Crippen LogP contribution < -0.4 is 21.3 Å². The summed E-state index contributed by atoms with van der Waals surface area (Å²) in [5.74, 6) is -11.6. The van der Waals surface area contributed by atoms with Crippen molar-refractivity contribution >= 4 is 77.2 Å². The molecule has 0 saturated carbocycles. The van der Waals surface area contributed by atoms with Gasteiger partial charge in [0.1, 0.15) is 72.8 Å². The number of esters is 1. The smallest absolute Gasteiger partial charge is 0.303 e. The van der Waals surface area contributed by atoms with Crippen LogP contribution in [0.25, 0.3) is 0 Å². The van der Waals surface area contributed by atoms with Crippen molar-refractivity contribution < 1.29 is 67.1 Å². The number of hydrogen-bond acceptors (Lipinski definition) is 14. The summed E-state index contributed by atoms with van der Waals surface area (Å²) in [6.45, 7) is 28.0. The molecule has 11 amide bonds. The van der Waals surface area contributed by atoms with Gasteiger partial charge in [0, 0.05) is 68.6 Å². The molecule has 0 aromatic carbocycles. The Morgan fingerprint density at radius 3 is 1.33 bits per heavy atom. The van der Waals surface area contributed by atoms with Crippen LogP contribution in [0, 0.1) is 41.4 Å². The maximum absolute atomic E-state index is 15.3. The molecule has 0 spiro atoms. The Bertz CT molecular complexity index is 2420. The van der Waals surface area contributed by atoms with E-state index in [1.165, 1.54) is 87.7 Å². The number of aldehydes is 1. The molecule has 12 atom stereocenters. The van der Waals surface area contributed by atoms with E-state index in [0.29, 0.717) is 6.29 Å². The van der Waals surface area contributed by atoms with Crippen molar-refractivity contribution in [1.29, 1.82) is 0 Å². The van der Waals surface area contributed by atoms with Crippen LogP contribution in [0.3, 0.4) is 0 Å². The number of hydrogen-bond donors (Lipinski definition) is 4. The third kappa shape index (κ3) is 22.1. The lowest BCUT2D eigenvalue weighted by Crippen LogP contribution is -2.64. The second-order valence-electron chi connectivity index (χ2n) is 26.3. The van der Waals surface area contributed by atoms with E-state index in [2.05, 4.69) is 21.3 Å². The number of nitrogens with one attached hydrogen (secondary N) is 4. The van der Waals surface area contributed by atoms with Gasteiger partial charge in [-0.1, -0.05) is 96.9 Å². The first-order valence-electron chi connectivity index (χ1n) is 30.8. The molecule has 0 aromatic rings. The van der Waals surface area contributed by atoms with Gasteiger partial charge in [0.05, 0.1) is 6.54 Å². The molecule has 1 fully saturated rings. The first-order valence-corrected chi connectivity index (χ1v) is 30.8. The standard InChI is InChI=1S/C62H109N11O14/c1-25-43-58(82)67(18)32-48(76)68(19)44(28-33(2)3)55(79)66-49(37(10)11)61(85)69(20)45(29-34(4)5)54(78)63-40(15)53(77)64-41(16)57(81)70(21)46(30-35(6)7)59(83)71(22)47(31-36(8)9)60(84)72(23)50(38(12)13)62(86)73(24)51(56(80)65-43)52(87-42(17)75)39(14)26-27-74/h27,33-41,43-47,49-52H,25-26,28-32H2,1-24H3,(H,63,78)(H,64,77)(H,65,80)(H,66,79)/t39-,40+,41-,43+,44+,45+,46+,47+,49+,50+,51?,52-/m1/s1. The Morgan fingerprint density at radius 1 is 0.483 bits per heavy atom. The van der Waals surface area contributed by atoms with Crippen LogP contribution in [0.2, 0.25) is 0 Å². The van der Waals surface area contributed by atoms with Crippen LogP contribution in [-0.2, 0) is 67.1 Å². The quantitative estimate of drug-likeness (QED) is 0.128. The number of rotatable bonds is 16. The number of carbonyl (C=O) groups is 13. The monoisotopic (exact) mass is 1230 g/mol. The largest absolute Gasteiger partial charge is 0.459 e. The fourth-order valence-corrected chi connectivity index (χ4v) is 10.8. The van der Waals surface area contributed by atoms with E-state index in [4.69, 9.17) is 4.74 Å². The number of amides is 11. The summed E-state index contributed by atoms with van der Waals surface area (Å²) in [4.78, 5) is 194. The molecule has 0 radical (unpaired) electrons. The molecule has 87 heavy (non-hydrogen) atoms. The molecule has 0 bridgehead atoms. The SMILES string of the molecule is CC[C@@H]1NC(=O)C([C@H](OC(C)=O)[C@H](C)CC=O)N(C)C(=O)[C@H](C(C)C)N(C)C(=O)[C@H](CC(C)C)N(C)C(=O)[C@H](CC(C)C)N(C)C(=O)[C@@H](C)NC(=O)[C@H](C)NC(=O)[C@H](CC(C)C)N(C)C(=O)[C@H](C(C)C)NC(=O)[C@H](CC(C)C)N(C)C(=O)CN(C)C1=O. The van der Waals surface area contributed by atoms with Gasteiger partial charge in [-0.05, 0) is 81.5 Å². The lowest BCUT2D eigenvalue weighted by atomic mass is 9.91. The minimum absolute atomic E-state index is 0.0487. The molecular formula is C62H109N11O14. The zero-order valence-electron chi connectivity index (χ0n) is 56.8. The average molecular weight is 1230 g/mol. The first kappa shape index (κ1) is 78.3. The first-order chi connectivity index (χ1) is 40.1. The highest BCUT2D eigenvalue weighted by atomic mass is 16.5. The topological polar surface area (TPSA) is 302 Å². The van der Waals surface area contributed by atoms with E-state index >= 15 is 14.4 Å². The van der Waals surface area contributed by atoms with Gasteiger partial charge < -0.3 is 65.1 Å². The van der Waals surface area contributed by atoms with Crippen molar-refractivity contribution in [3.05, 3.63) is 0 Å². The Labute approximate surface area is 518 Å². The van der Waals surface area contributed by atoms with Crippen LogP contribution in [-0.4, -0.2) is 234 Å². The van der Waals surface area contributed by atoms with E-state index in [0.717, 1.165) is 16.7 Å². The average Bonchev–Trinajstić information content (AvgIpc) is 1.40. The van der Waals surface area contributed by atoms with Gasteiger partial charge in [-0.15, -0.1) is 0 Å². The summed E-state index contributed by atoms with van der Waals surface area (Å²) < 4.78 is 5.76. The predicted octanol–water partition coefficient (Wildman–Crippen LogP) is 2.46. The van der Waals surface area contributed by atoms with Gasteiger partial charge in [0.25, 0.3) is 0 Å². The Hall–Kier alpha value is -6.69. The van der Waals surface area contributed by atoms with Crippen LogP contribution >= 0.6 is 0 Å². The molecule has 0 aromatic heterocycles. The van der Waals surface area contributed by atoms with E-state index in [-0.39, 0.29) is 62.2 Å². The van der Waals surface area contributed by atoms with Gasteiger partial charge in [-0.25, -0.2) is 0 Å². The lowest BCUT2D eigenvalue weighted by Gasteiger charge is -2.42. The molecule has 1 unspecified atom stereocenters. The molecular weight excluding hydrogens is 1120 g/mol. The zero-order chi connectivity index (χ0) is 67.6. The fraction of sp³-hybridized carbons (Fsp3) is 0.790. The minimum Gasteiger partial charge on any atom is -0.459 e.